The molecule has 0 aliphatic heterocycles. The minimum atomic E-state index is -0.677. The normalized spacial score (nSPS) is 34.1. The van der Waals surface area contributed by atoms with Crippen molar-refractivity contribution >= 4 is 5.91 Å². The fourth-order valence-corrected chi connectivity index (χ4v) is 7.62. The quantitative estimate of drug-likeness (QED) is 0.692. The van der Waals surface area contributed by atoms with Gasteiger partial charge in [0.25, 0.3) is 5.91 Å². The molecule has 0 aromatic heterocycles. The van der Waals surface area contributed by atoms with Gasteiger partial charge in [-0.1, -0.05) is 46.8 Å². The second-order valence-corrected chi connectivity index (χ2v) is 12.6. The van der Waals surface area contributed by atoms with Gasteiger partial charge in [-0.2, -0.15) is 0 Å². The Balaban J connectivity index is 1.54. The molecule has 3 N–H and O–H groups in total. The van der Waals surface area contributed by atoms with Gasteiger partial charge in [0.05, 0.1) is 5.60 Å². The van der Waals surface area contributed by atoms with Crippen LogP contribution in [0, 0.1) is 22.7 Å². The molecule has 4 nitrogen and oxygen atoms in total. The number of ether oxygens (including phenoxy) is 1. The summed E-state index contributed by atoms with van der Waals surface area (Å²) in [5.74, 6) is 1.26. The van der Waals surface area contributed by atoms with E-state index in [0.717, 1.165) is 32.1 Å². The first-order chi connectivity index (χ1) is 13.8. The van der Waals surface area contributed by atoms with Crippen molar-refractivity contribution in [3.8, 4) is 5.75 Å². The standard InChI is InChI=1S/C26H39NO3/c1-23(2,3)15-24(4,5)19-6-8-20(9-7-19)30-21(22(27)28)25-11-17-10-18(12-25)14-26(29,13-17)16-25/h6-9,17-18,21,29H,10-16H2,1-5H3,(H2,27,28). The number of primary amides is 1. The smallest absolute Gasteiger partial charge is 0.259 e. The molecule has 1 amide bonds. The highest BCUT2D eigenvalue weighted by molar-refractivity contribution is 5.80. The Morgan fingerprint density at radius 3 is 2.13 bits per heavy atom. The summed E-state index contributed by atoms with van der Waals surface area (Å²) in [6.45, 7) is 11.3. The van der Waals surface area contributed by atoms with E-state index < -0.39 is 17.6 Å². The van der Waals surface area contributed by atoms with Crippen LogP contribution in [0.2, 0.25) is 0 Å². The predicted molar refractivity (Wildman–Crippen MR) is 119 cm³/mol. The van der Waals surface area contributed by atoms with Crippen LogP contribution in [0.15, 0.2) is 24.3 Å². The van der Waals surface area contributed by atoms with Gasteiger partial charge in [-0.15, -0.1) is 0 Å². The van der Waals surface area contributed by atoms with Gasteiger partial charge in [-0.3, -0.25) is 4.79 Å². The number of hydrogen-bond acceptors (Lipinski definition) is 3. The minimum Gasteiger partial charge on any atom is -0.480 e. The summed E-state index contributed by atoms with van der Waals surface area (Å²) in [6.07, 6.45) is 5.83. The van der Waals surface area contributed by atoms with E-state index in [2.05, 4.69) is 46.8 Å². The van der Waals surface area contributed by atoms with Crippen LogP contribution in [0.5, 0.6) is 5.75 Å². The Morgan fingerprint density at radius 2 is 1.67 bits per heavy atom. The lowest BCUT2D eigenvalue weighted by molar-refractivity contribution is -0.192. The molecule has 0 radical (unpaired) electrons. The number of rotatable bonds is 6. The molecule has 0 heterocycles. The maximum atomic E-state index is 12.5. The third kappa shape index (κ3) is 4.12. The first-order valence-electron chi connectivity index (χ1n) is 11.6. The molecule has 1 aromatic carbocycles. The lowest BCUT2D eigenvalue weighted by atomic mass is 9.46. The molecule has 4 aliphatic carbocycles. The van der Waals surface area contributed by atoms with E-state index in [1.54, 1.807) is 0 Å². The van der Waals surface area contributed by atoms with Crippen LogP contribution in [0.3, 0.4) is 0 Å². The van der Waals surface area contributed by atoms with Crippen molar-refractivity contribution < 1.29 is 14.6 Å². The van der Waals surface area contributed by atoms with Gasteiger partial charge in [-0.05, 0) is 85.3 Å². The summed E-state index contributed by atoms with van der Waals surface area (Å²) < 4.78 is 6.29. The van der Waals surface area contributed by atoms with E-state index in [4.69, 9.17) is 10.5 Å². The fourth-order valence-electron chi connectivity index (χ4n) is 7.62. The summed E-state index contributed by atoms with van der Waals surface area (Å²) in [6, 6.07) is 8.19. The van der Waals surface area contributed by atoms with Crippen LogP contribution in [-0.4, -0.2) is 22.7 Å². The van der Waals surface area contributed by atoms with Gasteiger partial charge in [0.1, 0.15) is 5.75 Å². The monoisotopic (exact) mass is 413 g/mol. The number of benzene rings is 1. The van der Waals surface area contributed by atoms with Crippen LogP contribution >= 0.6 is 0 Å². The van der Waals surface area contributed by atoms with Crippen LogP contribution in [0.25, 0.3) is 0 Å². The van der Waals surface area contributed by atoms with Crippen molar-refractivity contribution in [2.45, 2.75) is 96.7 Å². The van der Waals surface area contributed by atoms with Gasteiger partial charge in [-0.25, -0.2) is 0 Å². The topological polar surface area (TPSA) is 72.5 Å². The van der Waals surface area contributed by atoms with Crippen molar-refractivity contribution in [1.29, 1.82) is 0 Å². The number of carbonyl (C=O) groups is 1. The molecule has 30 heavy (non-hydrogen) atoms. The Hall–Kier alpha value is -1.55. The molecule has 4 bridgehead atoms. The lowest BCUT2D eigenvalue weighted by Gasteiger charge is -2.61. The second-order valence-electron chi connectivity index (χ2n) is 12.6. The molecule has 3 unspecified atom stereocenters. The first-order valence-corrected chi connectivity index (χ1v) is 11.6. The zero-order valence-corrected chi connectivity index (χ0v) is 19.3. The molecular formula is C26H39NO3. The number of nitrogens with two attached hydrogens (primary N) is 1. The molecule has 166 valence electrons. The molecule has 4 aliphatic rings. The zero-order chi connectivity index (χ0) is 21.9. The largest absolute Gasteiger partial charge is 0.480 e. The van der Waals surface area contributed by atoms with Gasteiger partial charge >= 0.3 is 0 Å². The number of amides is 1. The number of hydrogen-bond donors (Lipinski definition) is 2. The van der Waals surface area contributed by atoms with Crippen molar-refractivity contribution in [1.82, 2.24) is 0 Å². The predicted octanol–water partition coefficient (Wildman–Crippen LogP) is 4.96. The maximum Gasteiger partial charge on any atom is 0.259 e. The highest BCUT2D eigenvalue weighted by Crippen LogP contribution is 2.63. The SMILES string of the molecule is CC(C)(C)CC(C)(C)c1ccc(OC(C(N)=O)C23CC4CC(CC(O)(C4)C2)C3)cc1. The Morgan fingerprint density at radius 1 is 1.10 bits per heavy atom. The summed E-state index contributed by atoms with van der Waals surface area (Å²) in [4.78, 5) is 12.5. The van der Waals surface area contributed by atoms with E-state index in [1.165, 1.54) is 12.0 Å². The van der Waals surface area contributed by atoms with E-state index in [1.807, 2.05) is 12.1 Å². The molecule has 1 aromatic rings. The number of aliphatic hydroxyl groups is 1. The molecule has 0 saturated heterocycles. The molecule has 4 saturated carbocycles. The summed E-state index contributed by atoms with van der Waals surface area (Å²) in [5, 5.41) is 11.1. The minimum absolute atomic E-state index is 0.0586. The third-order valence-electron chi connectivity index (χ3n) is 7.75. The molecule has 4 fully saturated rings. The van der Waals surface area contributed by atoms with Gasteiger partial charge in [0.15, 0.2) is 6.10 Å². The summed E-state index contributed by atoms with van der Waals surface area (Å²) >= 11 is 0. The second kappa shape index (κ2) is 6.98. The van der Waals surface area contributed by atoms with Crippen molar-refractivity contribution in [2.75, 3.05) is 0 Å². The maximum absolute atomic E-state index is 12.5. The van der Waals surface area contributed by atoms with Crippen molar-refractivity contribution in [2.24, 2.45) is 28.4 Å². The summed E-state index contributed by atoms with van der Waals surface area (Å²) in [5.41, 5.74) is 6.48. The van der Waals surface area contributed by atoms with E-state index in [9.17, 15) is 9.90 Å². The lowest BCUT2D eigenvalue weighted by Crippen LogP contribution is -2.62. The summed E-state index contributed by atoms with van der Waals surface area (Å²) in [7, 11) is 0. The molecule has 5 rings (SSSR count). The average Bonchev–Trinajstić information content (AvgIpc) is 2.55. The van der Waals surface area contributed by atoms with Crippen LogP contribution in [0.4, 0.5) is 0 Å². The van der Waals surface area contributed by atoms with Crippen LogP contribution in [0.1, 0.15) is 85.1 Å². The molecular weight excluding hydrogens is 374 g/mol. The first kappa shape index (κ1) is 21.7. The highest BCUT2D eigenvalue weighted by atomic mass is 16.5. The highest BCUT2D eigenvalue weighted by Gasteiger charge is 2.61. The molecule has 4 heteroatoms. The van der Waals surface area contributed by atoms with Crippen LogP contribution in [-0.2, 0) is 10.2 Å². The average molecular weight is 414 g/mol. The van der Waals surface area contributed by atoms with E-state index in [0.29, 0.717) is 24.0 Å². The van der Waals surface area contributed by atoms with Crippen molar-refractivity contribution in [3.63, 3.8) is 0 Å². The van der Waals surface area contributed by atoms with E-state index in [-0.39, 0.29) is 16.2 Å². The molecule has 0 spiro atoms. The van der Waals surface area contributed by atoms with Gasteiger partial charge in [0, 0.05) is 5.41 Å². The molecule has 3 atom stereocenters. The van der Waals surface area contributed by atoms with Crippen LogP contribution < -0.4 is 10.5 Å². The zero-order valence-electron chi connectivity index (χ0n) is 19.3. The third-order valence-corrected chi connectivity index (χ3v) is 7.75. The Kier molecular flexibility index (Phi) is 5.04. The Bertz CT molecular complexity index is 791. The Labute approximate surface area is 181 Å². The van der Waals surface area contributed by atoms with Gasteiger partial charge < -0.3 is 15.6 Å². The number of carbonyl (C=O) groups excluding carboxylic acids is 1. The van der Waals surface area contributed by atoms with Crippen molar-refractivity contribution in [3.05, 3.63) is 29.8 Å². The fraction of sp³-hybridized carbons (Fsp3) is 0.731. The van der Waals surface area contributed by atoms with Gasteiger partial charge in [0.2, 0.25) is 0 Å². The van der Waals surface area contributed by atoms with E-state index >= 15 is 0 Å².